The number of nitrogens with two attached hydrogens (primary N) is 1. The van der Waals surface area contributed by atoms with Crippen molar-refractivity contribution in [2.75, 3.05) is 0 Å². The summed E-state index contributed by atoms with van der Waals surface area (Å²) in [6.45, 7) is 0.321. The highest BCUT2D eigenvalue weighted by Crippen LogP contribution is 2.12. The normalized spacial score (nSPS) is 10.1. The second-order valence-electron chi connectivity index (χ2n) is 3.27. The minimum atomic E-state index is -0.148. The Bertz CT molecular complexity index is 605. The van der Waals surface area contributed by atoms with Gasteiger partial charge < -0.3 is 10.7 Å². The molecular weight excluding hydrogens is 188 g/mol. The van der Waals surface area contributed by atoms with E-state index in [-0.39, 0.29) is 5.56 Å². The minimum absolute atomic E-state index is 0.148. The van der Waals surface area contributed by atoms with Gasteiger partial charge in [-0.15, -0.1) is 6.42 Å². The minimum Gasteiger partial charge on any atom is -0.325 e. The van der Waals surface area contributed by atoms with E-state index in [1.54, 1.807) is 6.07 Å². The average molecular weight is 198 g/mol. The van der Waals surface area contributed by atoms with Crippen LogP contribution >= 0.6 is 0 Å². The van der Waals surface area contributed by atoms with E-state index >= 15 is 0 Å². The first-order valence-corrected chi connectivity index (χ1v) is 4.57. The van der Waals surface area contributed by atoms with Crippen molar-refractivity contribution in [3.63, 3.8) is 0 Å². The van der Waals surface area contributed by atoms with Gasteiger partial charge in [-0.05, 0) is 23.6 Å². The van der Waals surface area contributed by atoms with E-state index in [1.165, 1.54) is 0 Å². The monoisotopic (exact) mass is 198 g/mol. The van der Waals surface area contributed by atoms with Crippen molar-refractivity contribution in [2.24, 2.45) is 5.73 Å². The molecule has 1 aromatic heterocycles. The number of benzene rings is 1. The Labute approximate surface area is 86.9 Å². The molecule has 3 nitrogen and oxygen atoms in total. The quantitative estimate of drug-likeness (QED) is 0.671. The molecule has 0 saturated heterocycles. The molecule has 3 heteroatoms. The fraction of sp³-hybridized carbons (Fsp3) is 0.0833. The molecular formula is C12H10N2O. The van der Waals surface area contributed by atoms with Crippen LogP contribution < -0.4 is 11.3 Å². The van der Waals surface area contributed by atoms with Crippen molar-refractivity contribution in [3.05, 3.63) is 45.9 Å². The average Bonchev–Trinajstić information content (AvgIpc) is 2.28. The lowest BCUT2D eigenvalue weighted by Crippen LogP contribution is -2.11. The molecule has 0 radical (unpaired) electrons. The molecule has 0 atom stereocenters. The molecule has 1 aromatic carbocycles. The summed E-state index contributed by atoms with van der Waals surface area (Å²) in [5, 5.41) is 1.46. The summed E-state index contributed by atoms with van der Waals surface area (Å²) < 4.78 is 0. The van der Waals surface area contributed by atoms with Crippen LogP contribution in [0, 0.1) is 12.3 Å². The van der Waals surface area contributed by atoms with Crippen LogP contribution in [0.2, 0.25) is 0 Å². The van der Waals surface area contributed by atoms with E-state index < -0.39 is 0 Å². The summed E-state index contributed by atoms with van der Waals surface area (Å²) in [5.74, 6) is 2.50. The summed E-state index contributed by atoms with van der Waals surface area (Å²) in [6.07, 6.45) is 5.26. The van der Waals surface area contributed by atoms with Gasteiger partial charge in [0.15, 0.2) is 0 Å². The molecule has 0 aliphatic carbocycles. The second-order valence-corrected chi connectivity index (χ2v) is 3.27. The van der Waals surface area contributed by atoms with E-state index in [2.05, 4.69) is 10.9 Å². The molecule has 2 rings (SSSR count). The third-order valence-corrected chi connectivity index (χ3v) is 2.29. The van der Waals surface area contributed by atoms with Crippen LogP contribution in [0.5, 0.6) is 0 Å². The van der Waals surface area contributed by atoms with Crippen LogP contribution in [-0.4, -0.2) is 4.98 Å². The Hall–Kier alpha value is -2.05. The third-order valence-electron chi connectivity index (χ3n) is 2.29. The molecule has 0 bridgehead atoms. The lowest BCUT2D eigenvalue weighted by molar-refractivity contribution is 0.983. The number of aromatic amines is 1. The Balaban J connectivity index is 2.81. The Morgan fingerprint density at radius 3 is 2.87 bits per heavy atom. The smallest absolute Gasteiger partial charge is 0.256 e. The first kappa shape index (κ1) is 9.50. The van der Waals surface area contributed by atoms with E-state index in [4.69, 9.17) is 12.2 Å². The topological polar surface area (TPSA) is 58.9 Å². The van der Waals surface area contributed by atoms with Crippen LogP contribution in [0.4, 0.5) is 0 Å². The number of nitrogens with one attached hydrogen (secondary N) is 1. The maximum absolute atomic E-state index is 11.6. The molecule has 2 aromatic rings. The van der Waals surface area contributed by atoms with Crippen LogP contribution in [0.3, 0.4) is 0 Å². The zero-order valence-electron chi connectivity index (χ0n) is 8.08. The molecule has 1 heterocycles. The van der Waals surface area contributed by atoms with Gasteiger partial charge in [-0.25, -0.2) is 0 Å². The number of fused-ring (bicyclic) bond motifs is 1. The zero-order chi connectivity index (χ0) is 10.8. The van der Waals surface area contributed by atoms with Crippen molar-refractivity contribution in [1.29, 1.82) is 0 Å². The van der Waals surface area contributed by atoms with Crippen LogP contribution in [0.25, 0.3) is 10.8 Å². The second kappa shape index (κ2) is 3.60. The van der Waals surface area contributed by atoms with Crippen LogP contribution in [0.15, 0.2) is 29.1 Å². The molecule has 3 N–H and O–H groups in total. The van der Waals surface area contributed by atoms with Gasteiger partial charge in [-0.1, -0.05) is 12.0 Å². The number of hydrogen-bond donors (Lipinski definition) is 2. The van der Waals surface area contributed by atoms with Crippen molar-refractivity contribution >= 4 is 10.8 Å². The van der Waals surface area contributed by atoms with Crippen LogP contribution in [-0.2, 0) is 6.54 Å². The maximum atomic E-state index is 11.6. The number of terminal acetylenes is 1. The molecule has 0 fully saturated rings. The SMILES string of the molecule is C#Cc1ccc2cc(CN)[nH]c(=O)c2c1. The Morgan fingerprint density at radius 1 is 1.40 bits per heavy atom. The number of aromatic nitrogens is 1. The van der Waals surface area contributed by atoms with Crippen molar-refractivity contribution in [2.45, 2.75) is 6.54 Å². The highest BCUT2D eigenvalue weighted by molar-refractivity contribution is 5.83. The molecule has 0 aliphatic rings. The predicted molar refractivity (Wildman–Crippen MR) is 60.4 cm³/mol. The summed E-state index contributed by atoms with van der Waals surface area (Å²) in [6, 6.07) is 7.20. The van der Waals surface area contributed by atoms with Gasteiger partial charge in [0.05, 0.1) is 0 Å². The Morgan fingerprint density at radius 2 is 2.20 bits per heavy atom. The summed E-state index contributed by atoms with van der Waals surface area (Å²) in [5.41, 5.74) is 6.74. The van der Waals surface area contributed by atoms with Crippen molar-refractivity contribution in [1.82, 2.24) is 4.98 Å². The molecule has 0 amide bonds. The number of hydrogen-bond acceptors (Lipinski definition) is 2. The molecule has 74 valence electrons. The molecule has 0 aliphatic heterocycles. The number of pyridine rings is 1. The molecule has 0 spiro atoms. The van der Waals surface area contributed by atoms with E-state index in [0.717, 1.165) is 11.1 Å². The van der Waals surface area contributed by atoms with Gasteiger partial charge in [0.25, 0.3) is 5.56 Å². The first-order chi connectivity index (χ1) is 7.24. The van der Waals surface area contributed by atoms with E-state index in [9.17, 15) is 4.79 Å². The molecule has 0 saturated carbocycles. The van der Waals surface area contributed by atoms with Crippen molar-refractivity contribution in [3.8, 4) is 12.3 Å². The summed E-state index contributed by atoms with van der Waals surface area (Å²) in [4.78, 5) is 14.3. The first-order valence-electron chi connectivity index (χ1n) is 4.57. The number of rotatable bonds is 1. The Kier molecular flexibility index (Phi) is 2.28. The lowest BCUT2D eigenvalue weighted by atomic mass is 10.1. The lowest BCUT2D eigenvalue weighted by Gasteiger charge is -2.01. The van der Waals surface area contributed by atoms with Gasteiger partial charge in [0.1, 0.15) is 0 Å². The van der Waals surface area contributed by atoms with Gasteiger partial charge in [-0.2, -0.15) is 0 Å². The highest BCUT2D eigenvalue weighted by atomic mass is 16.1. The highest BCUT2D eigenvalue weighted by Gasteiger charge is 2.01. The summed E-state index contributed by atoms with van der Waals surface area (Å²) in [7, 11) is 0. The summed E-state index contributed by atoms with van der Waals surface area (Å²) >= 11 is 0. The fourth-order valence-electron chi connectivity index (χ4n) is 1.52. The predicted octanol–water partition coefficient (Wildman–Crippen LogP) is 0.968. The van der Waals surface area contributed by atoms with Gasteiger partial charge >= 0.3 is 0 Å². The zero-order valence-corrected chi connectivity index (χ0v) is 8.08. The van der Waals surface area contributed by atoms with Gasteiger partial charge in [-0.3, -0.25) is 4.79 Å². The van der Waals surface area contributed by atoms with Crippen molar-refractivity contribution < 1.29 is 0 Å². The fourth-order valence-corrected chi connectivity index (χ4v) is 1.52. The van der Waals surface area contributed by atoms with Gasteiger partial charge in [0, 0.05) is 23.2 Å². The van der Waals surface area contributed by atoms with Gasteiger partial charge in [0.2, 0.25) is 0 Å². The molecule has 0 unspecified atom stereocenters. The number of H-pyrrole nitrogens is 1. The third kappa shape index (κ3) is 1.63. The standard InChI is InChI=1S/C12H10N2O/c1-2-8-3-4-9-6-10(7-13)14-12(15)11(9)5-8/h1,3-6H,7,13H2,(H,14,15). The van der Waals surface area contributed by atoms with E-state index in [0.29, 0.717) is 17.5 Å². The largest absolute Gasteiger partial charge is 0.325 e. The maximum Gasteiger partial charge on any atom is 0.256 e. The van der Waals surface area contributed by atoms with E-state index in [1.807, 2.05) is 18.2 Å². The van der Waals surface area contributed by atoms with Crippen LogP contribution in [0.1, 0.15) is 11.3 Å². The molecule has 15 heavy (non-hydrogen) atoms.